The van der Waals surface area contributed by atoms with Crippen molar-refractivity contribution in [2.45, 2.75) is 89.1 Å². The zero-order chi connectivity index (χ0) is 31.2. The normalized spacial score (nSPS) is 13.8. The van der Waals surface area contributed by atoms with E-state index in [2.05, 4.69) is 159 Å². The third kappa shape index (κ3) is 7.70. The van der Waals surface area contributed by atoms with E-state index in [1.807, 2.05) is 0 Å². The van der Waals surface area contributed by atoms with Crippen LogP contribution in [0.2, 0.25) is 0 Å². The van der Waals surface area contributed by atoms with E-state index in [-0.39, 0.29) is 35.6 Å². The Labute approximate surface area is 298 Å². The van der Waals surface area contributed by atoms with Crippen LogP contribution in [-0.4, -0.2) is 3.21 Å². The fourth-order valence-corrected chi connectivity index (χ4v) is 16.2. The van der Waals surface area contributed by atoms with Gasteiger partial charge >= 0.3 is 276 Å². The van der Waals surface area contributed by atoms with E-state index < -0.39 is 21.3 Å². The van der Waals surface area contributed by atoms with Crippen LogP contribution in [0.25, 0.3) is 11.1 Å². The van der Waals surface area contributed by atoms with Gasteiger partial charge in [-0.2, -0.15) is 0 Å². The molecule has 0 atom stereocenters. The van der Waals surface area contributed by atoms with Crippen molar-refractivity contribution in [2.24, 2.45) is 0 Å². The number of benzene rings is 4. The molecule has 4 aromatic rings. The third-order valence-corrected chi connectivity index (χ3v) is 17.9. The second-order valence-electron chi connectivity index (χ2n) is 15.2. The molecule has 0 saturated carbocycles. The summed E-state index contributed by atoms with van der Waals surface area (Å²) in [6, 6.07) is 33.7. The van der Waals surface area contributed by atoms with Gasteiger partial charge in [0.2, 0.25) is 0 Å². The van der Waals surface area contributed by atoms with Crippen LogP contribution >= 0.6 is 24.8 Å². The van der Waals surface area contributed by atoms with E-state index in [0.29, 0.717) is 3.63 Å². The average Bonchev–Trinajstić information content (AvgIpc) is 3.61. The van der Waals surface area contributed by atoms with Crippen LogP contribution < -0.4 is 0 Å². The molecule has 0 aliphatic heterocycles. The molecular weight excluding hydrogens is 679 g/mol. The molecule has 0 heterocycles. The molecule has 240 valence electrons. The summed E-state index contributed by atoms with van der Waals surface area (Å²) in [6.07, 6.45) is 10.5. The fraction of sp³-hybridized carbons (Fsp3) is 0.326. The second kappa shape index (κ2) is 14.4. The predicted molar refractivity (Wildman–Crippen MR) is 202 cm³/mol. The third-order valence-electron chi connectivity index (χ3n) is 9.61. The molecule has 0 N–H and O–H groups in total. The van der Waals surface area contributed by atoms with E-state index in [1.54, 1.807) is 17.6 Å². The maximum Gasteiger partial charge on any atom is -0.147 e. The van der Waals surface area contributed by atoms with Gasteiger partial charge in [-0.05, 0) is 0 Å². The zero-order valence-electron chi connectivity index (χ0n) is 28.8. The standard InChI is InChI=1S/C21H25.C17H18.C5H5.2ClH.Zr/c1-20(2,3)16-9-7-14-11-15-8-10-17(21(4,5)6)13-19(15)18(14)12-16;1-14-6-10-16(11-7-14)4-3-5-17-12-8-15(2)9-13-17;1-2-4-5-3-1;;;/h7-13H,1-6H3;6-13H,4-5H2,1-2H3;1-3H,4H2;2*1H;. The Morgan fingerprint density at radius 3 is 1.43 bits per heavy atom. The van der Waals surface area contributed by atoms with E-state index in [9.17, 15) is 0 Å². The van der Waals surface area contributed by atoms with Crippen molar-refractivity contribution >= 4 is 28.0 Å². The van der Waals surface area contributed by atoms with Gasteiger partial charge in [-0.25, -0.2) is 0 Å². The maximum absolute atomic E-state index is 2.54. The molecule has 0 saturated heterocycles. The number of halogens is 2. The Morgan fingerprint density at radius 2 is 1.07 bits per heavy atom. The minimum atomic E-state index is -2.53. The average molecular weight is 729 g/mol. The molecule has 0 bridgehead atoms. The van der Waals surface area contributed by atoms with Crippen molar-refractivity contribution in [1.82, 2.24) is 0 Å². The fourth-order valence-electron chi connectivity index (χ4n) is 6.92. The van der Waals surface area contributed by atoms with E-state index in [1.165, 1.54) is 44.5 Å². The molecule has 0 amide bonds. The molecule has 2 aliphatic rings. The van der Waals surface area contributed by atoms with Crippen molar-refractivity contribution in [2.75, 3.05) is 0 Å². The predicted octanol–water partition coefficient (Wildman–Crippen LogP) is 11.9. The first kappa shape index (κ1) is 36.5. The van der Waals surface area contributed by atoms with Gasteiger partial charge in [0.05, 0.1) is 0 Å². The van der Waals surface area contributed by atoms with Crippen molar-refractivity contribution < 1.29 is 21.3 Å². The van der Waals surface area contributed by atoms with Crippen LogP contribution in [0.1, 0.15) is 96.1 Å². The molecule has 0 spiro atoms. The van der Waals surface area contributed by atoms with Gasteiger partial charge in [-0.15, -0.1) is 24.8 Å². The second-order valence-corrected chi connectivity index (χ2v) is 22.0. The van der Waals surface area contributed by atoms with Crippen LogP contribution in [0.4, 0.5) is 0 Å². The molecule has 0 aromatic heterocycles. The maximum atomic E-state index is 2.54. The first-order valence-electron chi connectivity index (χ1n) is 16.4. The molecule has 4 aromatic carbocycles. The Kier molecular flexibility index (Phi) is 11.5. The Balaban J connectivity index is 0.00000240. The number of aryl methyl sites for hydroxylation is 2. The summed E-state index contributed by atoms with van der Waals surface area (Å²) in [6.45, 7) is 18.5. The summed E-state index contributed by atoms with van der Waals surface area (Å²) in [5.41, 5.74) is 14.8. The molecule has 0 nitrogen and oxygen atoms in total. The molecule has 0 unspecified atom stereocenters. The van der Waals surface area contributed by atoms with Gasteiger partial charge in [-0.3, -0.25) is 0 Å². The van der Waals surface area contributed by atoms with Crippen LogP contribution in [0.3, 0.4) is 0 Å². The summed E-state index contributed by atoms with van der Waals surface area (Å²) in [5.74, 6) is 0. The number of hydrogen-bond acceptors (Lipinski definition) is 0. The van der Waals surface area contributed by atoms with E-state index in [4.69, 9.17) is 0 Å². The summed E-state index contributed by atoms with van der Waals surface area (Å²) in [7, 11) is 0. The molecule has 0 fully saturated rings. The monoisotopic (exact) mass is 726 g/mol. The molecule has 6 rings (SSSR count). The molecule has 0 radical (unpaired) electrons. The van der Waals surface area contributed by atoms with Gasteiger partial charge in [0.25, 0.3) is 0 Å². The molecule has 2 aliphatic carbocycles. The van der Waals surface area contributed by atoms with Crippen LogP contribution in [0, 0.1) is 13.8 Å². The van der Waals surface area contributed by atoms with Crippen LogP contribution in [0.15, 0.2) is 106 Å². The van der Waals surface area contributed by atoms with Crippen molar-refractivity contribution in [3.8, 4) is 11.1 Å². The Morgan fingerprint density at radius 1 is 0.630 bits per heavy atom. The number of rotatable bonds is 6. The van der Waals surface area contributed by atoms with Gasteiger partial charge in [0, 0.05) is 0 Å². The minimum Gasteiger partial charge on any atom is -0.147 e. The number of fused-ring (bicyclic) bond motifs is 3. The van der Waals surface area contributed by atoms with Crippen molar-refractivity contribution in [1.29, 1.82) is 0 Å². The van der Waals surface area contributed by atoms with E-state index in [0.717, 1.165) is 19.3 Å². The summed E-state index contributed by atoms with van der Waals surface area (Å²) < 4.78 is 4.03. The first-order chi connectivity index (χ1) is 20.9. The smallest absolute Gasteiger partial charge is 0.147 e. The molecule has 3 heteroatoms. The van der Waals surface area contributed by atoms with Crippen LogP contribution in [-0.2, 0) is 44.9 Å². The summed E-state index contributed by atoms with van der Waals surface area (Å²) >= 11 is -2.53. The zero-order valence-corrected chi connectivity index (χ0v) is 32.9. The summed E-state index contributed by atoms with van der Waals surface area (Å²) in [4.78, 5) is 0. The van der Waals surface area contributed by atoms with Gasteiger partial charge in [-0.1, -0.05) is 0 Å². The van der Waals surface area contributed by atoms with E-state index >= 15 is 0 Å². The van der Waals surface area contributed by atoms with Gasteiger partial charge in [0.15, 0.2) is 0 Å². The van der Waals surface area contributed by atoms with Gasteiger partial charge in [0.1, 0.15) is 0 Å². The topological polar surface area (TPSA) is 0 Å². The Bertz CT molecular complexity index is 1680. The number of hydrogen-bond donors (Lipinski definition) is 0. The van der Waals surface area contributed by atoms with Crippen molar-refractivity contribution in [3.63, 3.8) is 0 Å². The van der Waals surface area contributed by atoms with Crippen LogP contribution in [0.5, 0.6) is 0 Å². The Hall–Kier alpha value is -2.31. The minimum absolute atomic E-state index is 0. The SMILES string of the molecule is Cc1ccc(C[C](Cc2ccc(C)cc2)=[Zr]([C]2=CC=CC2)[CH]2c3ccc(C(C)(C)C)cc3-c3cc(C(C)(C)C)ccc32)cc1.Cl.Cl. The van der Waals surface area contributed by atoms with Crippen molar-refractivity contribution in [3.05, 3.63) is 151 Å². The first-order valence-corrected chi connectivity index (χ1v) is 20.2. The van der Waals surface area contributed by atoms with Gasteiger partial charge < -0.3 is 0 Å². The molecule has 46 heavy (non-hydrogen) atoms. The number of allylic oxidation sites excluding steroid dienone is 4. The largest absolute Gasteiger partial charge is 0.147 e. The molecular formula is C43H50Cl2Zr. The quantitative estimate of drug-likeness (QED) is 0.185. The summed E-state index contributed by atoms with van der Waals surface area (Å²) in [5, 5.41) is 0.